The Bertz CT molecular complexity index is 925. The highest BCUT2D eigenvalue weighted by Gasteiger charge is 2.19. The lowest BCUT2D eigenvalue weighted by Crippen LogP contribution is -2.34. The van der Waals surface area contributed by atoms with Gasteiger partial charge in [-0.3, -0.25) is 4.79 Å². The monoisotopic (exact) mass is 374 g/mol. The molecule has 0 saturated carbocycles. The molecule has 1 amide bonds. The molecule has 0 unspecified atom stereocenters. The van der Waals surface area contributed by atoms with Crippen molar-refractivity contribution >= 4 is 21.4 Å². The molecular weight excluding hydrogens is 352 g/mol. The van der Waals surface area contributed by atoms with Crippen molar-refractivity contribution in [2.45, 2.75) is 11.3 Å². The molecule has 0 spiro atoms. The summed E-state index contributed by atoms with van der Waals surface area (Å²) in [5.41, 5.74) is 2.84. The third-order valence-corrected chi connectivity index (χ3v) is 5.59. The van der Waals surface area contributed by atoms with Crippen molar-refractivity contribution < 1.29 is 17.9 Å². The molecule has 2 aromatic rings. The van der Waals surface area contributed by atoms with Crippen LogP contribution in [0.15, 0.2) is 47.4 Å². The number of nitrogens with one attached hydrogen (secondary N) is 1. The normalized spacial score (nSPS) is 13.4. The van der Waals surface area contributed by atoms with Crippen molar-refractivity contribution in [3.8, 4) is 5.75 Å². The summed E-state index contributed by atoms with van der Waals surface area (Å²) >= 11 is 0. The van der Waals surface area contributed by atoms with Crippen molar-refractivity contribution in [3.05, 3.63) is 53.6 Å². The van der Waals surface area contributed by atoms with Crippen molar-refractivity contribution in [3.63, 3.8) is 0 Å². The molecule has 0 atom stereocenters. The second kappa shape index (κ2) is 7.37. The van der Waals surface area contributed by atoms with Crippen LogP contribution in [0.4, 0.5) is 5.69 Å². The lowest BCUT2D eigenvalue weighted by Gasteiger charge is -2.19. The molecule has 0 aliphatic carbocycles. The molecule has 1 aliphatic rings. The number of carbonyl (C=O) groups is 1. The number of amides is 1. The van der Waals surface area contributed by atoms with E-state index >= 15 is 0 Å². The topological polar surface area (TPSA) is 75.7 Å². The Morgan fingerprint density at radius 3 is 2.73 bits per heavy atom. The van der Waals surface area contributed by atoms with Gasteiger partial charge in [0.1, 0.15) is 10.6 Å². The van der Waals surface area contributed by atoms with Gasteiger partial charge in [0, 0.05) is 37.1 Å². The zero-order chi connectivity index (χ0) is 18.7. The van der Waals surface area contributed by atoms with E-state index in [0.717, 1.165) is 19.2 Å². The number of para-hydroxylation sites is 1. The highest BCUT2D eigenvalue weighted by Crippen LogP contribution is 2.27. The fraction of sp³-hybridized carbons (Fsp3) is 0.316. The Kier molecular flexibility index (Phi) is 5.18. The van der Waals surface area contributed by atoms with Crippen LogP contribution in [0.25, 0.3) is 0 Å². The number of nitrogens with zero attached hydrogens (tertiary/aromatic N) is 1. The minimum absolute atomic E-state index is 0.0149. The van der Waals surface area contributed by atoms with E-state index in [1.54, 1.807) is 6.07 Å². The van der Waals surface area contributed by atoms with Gasteiger partial charge in [0.05, 0.1) is 7.11 Å². The number of sulfone groups is 1. The van der Waals surface area contributed by atoms with Crippen LogP contribution >= 0.6 is 0 Å². The third-order valence-electron chi connectivity index (χ3n) is 4.48. The van der Waals surface area contributed by atoms with E-state index in [0.29, 0.717) is 18.7 Å². The second-order valence-corrected chi connectivity index (χ2v) is 8.24. The van der Waals surface area contributed by atoms with Gasteiger partial charge in [0.15, 0.2) is 9.84 Å². The molecule has 3 rings (SSSR count). The Morgan fingerprint density at radius 2 is 2.00 bits per heavy atom. The van der Waals surface area contributed by atoms with E-state index in [1.807, 2.05) is 12.1 Å². The molecule has 6 nitrogen and oxygen atoms in total. The van der Waals surface area contributed by atoms with Crippen molar-refractivity contribution in [1.82, 2.24) is 5.32 Å². The lowest BCUT2D eigenvalue weighted by atomic mass is 10.2. The van der Waals surface area contributed by atoms with Gasteiger partial charge in [-0.15, -0.1) is 0 Å². The lowest BCUT2D eigenvalue weighted by molar-refractivity contribution is 0.0954. The highest BCUT2D eigenvalue weighted by atomic mass is 32.2. The van der Waals surface area contributed by atoms with Crippen LogP contribution in [-0.4, -0.2) is 47.3 Å². The number of carbonyl (C=O) groups excluding carboxylic acids is 1. The van der Waals surface area contributed by atoms with Crippen LogP contribution < -0.4 is 15.0 Å². The molecule has 1 N–H and O–H groups in total. The second-order valence-electron chi connectivity index (χ2n) is 6.26. The van der Waals surface area contributed by atoms with Crippen LogP contribution in [0.5, 0.6) is 5.75 Å². The summed E-state index contributed by atoms with van der Waals surface area (Å²) in [4.78, 5) is 14.6. The third kappa shape index (κ3) is 3.83. The number of anilines is 1. The molecule has 26 heavy (non-hydrogen) atoms. The minimum Gasteiger partial charge on any atom is -0.495 e. The van der Waals surface area contributed by atoms with Crippen molar-refractivity contribution in [1.29, 1.82) is 0 Å². The molecule has 0 saturated heterocycles. The number of rotatable bonds is 6. The highest BCUT2D eigenvalue weighted by molar-refractivity contribution is 7.90. The van der Waals surface area contributed by atoms with Crippen molar-refractivity contribution in [2.75, 3.05) is 37.9 Å². The van der Waals surface area contributed by atoms with Gasteiger partial charge in [-0.2, -0.15) is 0 Å². The minimum atomic E-state index is -3.48. The van der Waals surface area contributed by atoms with E-state index in [-0.39, 0.29) is 16.6 Å². The number of benzene rings is 2. The zero-order valence-electron chi connectivity index (χ0n) is 14.9. The molecule has 0 aromatic heterocycles. The predicted molar refractivity (Wildman–Crippen MR) is 101 cm³/mol. The zero-order valence-corrected chi connectivity index (χ0v) is 15.7. The molecular formula is C19H22N2O4S. The Balaban J connectivity index is 1.64. The van der Waals surface area contributed by atoms with Gasteiger partial charge in [-0.1, -0.05) is 18.2 Å². The van der Waals surface area contributed by atoms with E-state index < -0.39 is 9.84 Å². The SMILES string of the molecule is COc1ccc(C(=O)NCCN2CCc3ccccc32)cc1S(C)(=O)=O. The number of fused-ring (bicyclic) bond motifs is 1. The summed E-state index contributed by atoms with van der Waals surface area (Å²) in [6.45, 7) is 2.13. The number of hydrogen-bond donors (Lipinski definition) is 1. The summed E-state index contributed by atoms with van der Waals surface area (Å²) in [6, 6.07) is 12.7. The van der Waals surface area contributed by atoms with Gasteiger partial charge in [-0.25, -0.2) is 8.42 Å². The maximum absolute atomic E-state index is 12.4. The molecule has 0 fully saturated rings. The van der Waals surface area contributed by atoms with E-state index in [1.165, 1.54) is 30.5 Å². The van der Waals surface area contributed by atoms with Crippen LogP contribution in [-0.2, 0) is 16.3 Å². The van der Waals surface area contributed by atoms with Crippen LogP contribution in [0.1, 0.15) is 15.9 Å². The first-order valence-electron chi connectivity index (χ1n) is 8.39. The van der Waals surface area contributed by atoms with E-state index in [9.17, 15) is 13.2 Å². The summed E-state index contributed by atoms with van der Waals surface area (Å²) in [6.07, 6.45) is 2.11. The number of hydrogen-bond acceptors (Lipinski definition) is 5. The Labute approximate surface area is 153 Å². The summed E-state index contributed by atoms with van der Waals surface area (Å²) in [5, 5.41) is 2.86. The van der Waals surface area contributed by atoms with Gasteiger partial charge in [-0.05, 0) is 36.2 Å². The quantitative estimate of drug-likeness (QED) is 0.836. The van der Waals surface area contributed by atoms with Gasteiger partial charge in [0.25, 0.3) is 5.91 Å². The van der Waals surface area contributed by atoms with Crippen LogP contribution in [0.2, 0.25) is 0 Å². The number of ether oxygens (including phenoxy) is 1. The van der Waals surface area contributed by atoms with Gasteiger partial charge >= 0.3 is 0 Å². The maximum atomic E-state index is 12.4. The first-order chi connectivity index (χ1) is 12.4. The smallest absolute Gasteiger partial charge is 0.251 e. The summed E-state index contributed by atoms with van der Waals surface area (Å²) in [7, 11) is -2.08. The summed E-state index contributed by atoms with van der Waals surface area (Å²) in [5.74, 6) is -0.0669. The fourth-order valence-corrected chi connectivity index (χ4v) is 4.01. The average Bonchev–Trinajstić information content (AvgIpc) is 3.03. The van der Waals surface area contributed by atoms with E-state index in [4.69, 9.17) is 4.74 Å². The van der Waals surface area contributed by atoms with Crippen LogP contribution in [0, 0.1) is 0 Å². The summed E-state index contributed by atoms with van der Waals surface area (Å²) < 4.78 is 28.8. The standard InChI is InChI=1S/C19H22N2O4S/c1-25-17-8-7-15(13-18(17)26(2,23)24)19(22)20-10-12-21-11-9-14-5-3-4-6-16(14)21/h3-8,13H,9-12H2,1-2H3,(H,20,22). The Morgan fingerprint density at radius 1 is 1.23 bits per heavy atom. The first-order valence-corrected chi connectivity index (χ1v) is 10.3. The van der Waals surface area contributed by atoms with Crippen LogP contribution in [0.3, 0.4) is 0 Å². The fourth-order valence-electron chi connectivity index (χ4n) is 3.15. The molecule has 0 radical (unpaired) electrons. The van der Waals surface area contributed by atoms with Gasteiger partial charge in [0.2, 0.25) is 0 Å². The maximum Gasteiger partial charge on any atom is 0.251 e. The molecule has 7 heteroatoms. The van der Waals surface area contributed by atoms with E-state index in [2.05, 4.69) is 22.3 Å². The molecule has 0 bridgehead atoms. The average molecular weight is 374 g/mol. The van der Waals surface area contributed by atoms with Gasteiger partial charge < -0.3 is 15.0 Å². The first kappa shape index (κ1) is 18.3. The molecule has 2 aromatic carbocycles. The molecule has 1 aliphatic heterocycles. The van der Waals surface area contributed by atoms with Crippen molar-refractivity contribution in [2.24, 2.45) is 0 Å². The number of methoxy groups -OCH3 is 1. The largest absolute Gasteiger partial charge is 0.495 e. The predicted octanol–water partition coefficient (Wildman–Crippen LogP) is 1.89. The molecule has 1 heterocycles. The Hall–Kier alpha value is -2.54. The molecule has 138 valence electrons.